The standard InChI is InChI=1S/C20H16N4O3/c1-26-19(25)15-7-3-2-6-14(15)18-11-10-13(27-18)12-21-24-20-22-16-8-4-5-9-17(16)23-20/h2-12H,1H3,(H2,22,23,24). The number of imidazole rings is 1. The molecule has 0 unspecified atom stereocenters. The number of nitrogens with one attached hydrogen (secondary N) is 2. The summed E-state index contributed by atoms with van der Waals surface area (Å²) in [6, 6.07) is 18.4. The first-order valence-electron chi connectivity index (χ1n) is 8.26. The van der Waals surface area contributed by atoms with E-state index in [1.54, 1.807) is 30.3 Å². The number of methoxy groups -OCH3 is 1. The molecule has 0 amide bonds. The molecule has 7 heteroatoms. The molecule has 0 spiro atoms. The van der Waals surface area contributed by atoms with Crippen LogP contribution < -0.4 is 5.43 Å². The number of rotatable bonds is 5. The fourth-order valence-corrected chi connectivity index (χ4v) is 2.72. The van der Waals surface area contributed by atoms with E-state index in [-0.39, 0.29) is 0 Å². The molecule has 0 saturated heterocycles. The van der Waals surface area contributed by atoms with Gasteiger partial charge in [0.15, 0.2) is 0 Å². The van der Waals surface area contributed by atoms with Crippen molar-refractivity contribution >= 4 is 29.2 Å². The van der Waals surface area contributed by atoms with Crippen LogP contribution in [0.1, 0.15) is 16.1 Å². The number of aromatic nitrogens is 2. The number of hydrazone groups is 1. The Morgan fingerprint density at radius 1 is 1.15 bits per heavy atom. The highest BCUT2D eigenvalue weighted by atomic mass is 16.5. The molecule has 0 aliphatic rings. The van der Waals surface area contributed by atoms with Crippen LogP contribution in [-0.2, 0) is 4.74 Å². The normalized spacial score (nSPS) is 11.1. The van der Waals surface area contributed by atoms with E-state index in [1.807, 2.05) is 30.3 Å². The lowest BCUT2D eigenvalue weighted by Crippen LogP contribution is -2.02. The van der Waals surface area contributed by atoms with E-state index in [0.717, 1.165) is 11.0 Å². The van der Waals surface area contributed by atoms with Crippen molar-refractivity contribution in [1.82, 2.24) is 9.97 Å². The number of aromatic amines is 1. The average Bonchev–Trinajstić information content (AvgIpc) is 3.34. The fourth-order valence-electron chi connectivity index (χ4n) is 2.72. The van der Waals surface area contributed by atoms with Gasteiger partial charge < -0.3 is 14.1 Å². The number of ether oxygens (including phenoxy) is 1. The van der Waals surface area contributed by atoms with Crippen LogP contribution in [0.15, 0.2) is 70.2 Å². The molecule has 2 aromatic heterocycles. The van der Waals surface area contributed by atoms with Crippen molar-refractivity contribution in [2.24, 2.45) is 5.10 Å². The smallest absolute Gasteiger partial charge is 0.338 e. The molecule has 0 saturated carbocycles. The second-order valence-corrected chi connectivity index (χ2v) is 5.71. The van der Waals surface area contributed by atoms with E-state index in [2.05, 4.69) is 20.5 Å². The summed E-state index contributed by atoms with van der Waals surface area (Å²) in [5, 5.41) is 4.13. The Morgan fingerprint density at radius 3 is 2.81 bits per heavy atom. The van der Waals surface area contributed by atoms with Gasteiger partial charge in [0, 0.05) is 5.56 Å². The van der Waals surface area contributed by atoms with Crippen molar-refractivity contribution in [3.63, 3.8) is 0 Å². The van der Waals surface area contributed by atoms with Gasteiger partial charge in [0.25, 0.3) is 0 Å². The van der Waals surface area contributed by atoms with Gasteiger partial charge in [0.1, 0.15) is 11.5 Å². The molecule has 0 fully saturated rings. The Bertz CT molecular complexity index is 1090. The van der Waals surface area contributed by atoms with Crippen molar-refractivity contribution in [2.45, 2.75) is 0 Å². The number of hydrogen-bond acceptors (Lipinski definition) is 6. The van der Waals surface area contributed by atoms with Crippen LogP contribution in [-0.4, -0.2) is 29.3 Å². The van der Waals surface area contributed by atoms with Gasteiger partial charge >= 0.3 is 5.97 Å². The van der Waals surface area contributed by atoms with E-state index in [9.17, 15) is 4.79 Å². The lowest BCUT2D eigenvalue weighted by atomic mass is 10.1. The van der Waals surface area contributed by atoms with Crippen molar-refractivity contribution in [3.8, 4) is 11.3 Å². The fraction of sp³-hybridized carbons (Fsp3) is 0.0500. The highest BCUT2D eigenvalue weighted by Crippen LogP contribution is 2.26. The molecule has 0 aliphatic heterocycles. The predicted molar refractivity (Wildman–Crippen MR) is 103 cm³/mol. The lowest BCUT2D eigenvalue weighted by Gasteiger charge is -2.04. The molecule has 4 aromatic rings. The molecular formula is C20H16N4O3. The molecule has 2 aromatic carbocycles. The molecule has 0 radical (unpaired) electrons. The molecule has 27 heavy (non-hydrogen) atoms. The highest BCUT2D eigenvalue weighted by Gasteiger charge is 2.15. The van der Waals surface area contributed by atoms with Gasteiger partial charge in [-0.2, -0.15) is 5.10 Å². The maximum atomic E-state index is 11.9. The van der Waals surface area contributed by atoms with Gasteiger partial charge in [-0.05, 0) is 30.3 Å². The van der Waals surface area contributed by atoms with E-state index in [0.29, 0.717) is 28.6 Å². The molecule has 0 aliphatic carbocycles. The van der Waals surface area contributed by atoms with Crippen LogP contribution in [0.5, 0.6) is 0 Å². The van der Waals surface area contributed by atoms with Crippen molar-refractivity contribution in [3.05, 3.63) is 72.0 Å². The van der Waals surface area contributed by atoms with Gasteiger partial charge in [0.05, 0.1) is 29.9 Å². The summed E-state index contributed by atoms with van der Waals surface area (Å²) in [5.41, 5.74) is 5.73. The van der Waals surface area contributed by atoms with E-state index in [4.69, 9.17) is 9.15 Å². The number of fused-ring (bicyclic) bond motifs is 1. The molecule has 2 N–H and O–H groups in total. The summed E-state index contributed by atoms with van der Waals surface area (Å²) in [7, 11) is 1.35. The minimum Gasteiger partial charge on any atom is -0.465 e. The van der Waals surface area contributed by atoms with Crippen molar-refractivity contribution in [1.29, 1.82) is 0 Å². The second-order valence-electron chi connectivity index (χ2n) is 5.71. The quantitative estimate of drug-likeness (QED) is 0.318. The largest absolute Gasteiger partial charge is 0.465 e. The van der Waals surface area contributed by atoms with Gasteiger partial charge in [0.2, 0.25) is 5.95 Å². The first-order valence-corrected chi connectivity index (χ1v) is 8.26. The van der Waals surface area contributed by atoms with Crippen LogP contribution in [0.2, 0.25) is 0 Å². The number of benzene rings is 2. The number of carbonyl (C=O) groups is 1. The predicted octanol–water partition coefficient (Wildman–Crippen LogP) is 4.06. The van der Waals surface area contributed by atoms with Crippen LogP contribution >= 0.6 is 0 Å². The van der Waals surface area contributed by atoms with Gasteiger partial charge in [-0.15, -0.1) is 0 Å². The van der Waals surface area contributed by atoms with Crippen molar-refractivity contribution < 1.29 is 13.9 Å². The highest BCUT2D eigenvalue weighted by molar-refractivity contribution is 5.96. The second kappa shape index (κ2) is 7.17. The van der Waals surface area contributed by atoms with E-state index < -0.39 is 5.97 Å². The van der Waals surface area contributed by atoms with Crippen molar-refractivity contribution in [2.75, 3.05) is 12.5 Å². The first kappa shape index (κ1) is 16.6. The zero-order valence-corrected chi connectivity index (χ0v) is 14.5. The monoisotopic (exact) mass is 360 g/mol. The third-order valence-corrected chi connectivity index (χ3v) is 3.98. The van der Waals surface area contributed by atoms with Gasteiger partial charge in [-0.25, -0.2) is 15.2 Å². The third kappa shape index (κ3) is 3.43. The van der Waals surface area contributed by atoms with Gasteiger partial charge in [-0.3, -0.25) is 0 Å². The Balaban J connectivity index is 1.51. The Kier molecular flexibility index (Phi) is 4.40. The molecule has 0 atom stereocenters. The summed E-state index contributed by atoms with van der Waals surface area (Å²) in [6.45, 7) is 0. The van der Waals surface area contributed by atoms with E-state index >= 15 is 0 Å². The maximum absolute atomic E-state index is 11.9. The number of para-hydroxylation sites is 2. The topological polar surface area (TPSA) is 92.5 Å². The number of hydrogen-bond donors (Lipinski definition) is 2. The Hall–Kier alpha value is -3.87. The average molecular weight is 360 g/mol. The number of carbonyl (C=O) groups excluding carboxylic acids is 1. The summed E-state index contributed by atoms with van der Waals surface area (Å²) in [4.78, 5) is 19.4. The van der Waals surface area contributed by atoms with E-state index in [1.165, 1.54) is 13.3 Å². The Labute approximate surface area is 154 Å². The number of H-pyrrole nitrogens is 1. The molecule has 4 rings (SSSR count). The van der Waals surface area contributed by atoms with Gasteiger partial charge in [-0.1, -0.05) is 30.3 Å². The third-order valence-electron chi connectivity index (χ3n) is 3.98. The summed E-state index contributed by atoms with van der Waals surface area (Å²) in [6.07, 6.45) is 1.54. The van der Waals surface area contributed by atoms with Crippen LogP contribution in [0.25, 0.3) is 22.4 Å². The lowest BCUT2D eigenvalue weighted by molar-refractivity contribution is 0.0601. The zero-order valence-electron chi connectivity index (χ0n) is 14.5. The number of esters is 1. The first-order chi connectivity index (χ1) is 13.2. The van der Waals surface area contributed by atoms with Crippen LogP contribution in [0, 0.1) is 0 Å². The van der Waals surface area contributed by atoms with Crippen LogP contribution in [0.3, 0.4) is 0 Å². The Morgan fingerprint density at radius 2 is 1.96 bits per heavy atom. The number of furan rings is 1. The summed E-state index contributed by atoms with van der Waals surface area (Å²) in [5.74, 6) is 1.22. The summed E-state index contributed by atoms with van der Waals surface area (Å²) >= 11 is 0. The number of nitrogens with zero attached hydrogens (tertiary/aromatic N) is 2. The molecular weight excluding hydrogens is 344 g/mol. The molecule has 134 valence electrons. The SMILES string of the molecule is COC(=O)c1ccccc1-c1ccc(C=NNc2nc3ccccc3[nH]2)o1. The minimum atomic E-state index is -0.413. The summed E-state index contributed by atoms with van der Waals surface area (Å²) < 4.78 is 10.6. The van der Waals surface area contributed by atoms with Crippen LogP contribution in [0.4, 0.5) is 5.95 Å². The number of anilines is 1. The molecule has 7 nitrogen and oxygen atoms in total. The minimum absolute atomic E-state index is 0.413. The zero-order chi connectivity index (χ0) is 18.6. The molecule has 2 heterocycles. The molecule has 0 bridgehead atoms. The maximum Gasteiger partial charge on any atom is 0.338 e.